The van der Waals surface area contributed by atoms with E-state index < -0.39 is 46.4 Å². The number of aromatic nitrogens is 4. The van der Waals surface area contributed by atoms with E-state index in [4.69, 9.17) is 18.9 Å². The lowest BCUT2D eigenvalue weighted by Gasteiger charge is -2.35. The number of amides is 2. The SMILES string of the molecule is CCn1nc(C)cc1C(=O)Nc1nc2cc(C(=O)O)cc(OC)c2n1CC(=O)/C=C/Nc1c(OCCCN2CCN(C(=O)OC(C)(C)C)CC2)cc(C(=O)OC)cc1[N+](=O)[O-]. The molecule has 1 aliphatic rings. The van der Waals surface area contributed by atoms with Crippen molar-refractivity contribution < 1.29 is 52.9 Å². The van der Waals surface area contributed by atoms with E-state index in [1.165, 1.54) is 40.8 Å². The predicted molar refractivity (Wildman–Crippen MR) is 220 cm³/mol. The lowest BCUT2D eigenvalue weighted by atomic mass is 10.1. The Morgan fingerprint density at radius 1 is 1.00 bits per heavy atom. The van der Waals surface area contributed by atoms with Crippen molar-refractivity contribution in [2.24, 2.45) is 0 Å². The van der Waals surface area contributed by atoms with Crippen LogP contribution in [0, 0.1) is 17.0 Å². The van der Waals surface area contributed by atoms with E-state index in [-0.39, 0.29) is 63.7 Å². The largest absolute Gasteiger partial charge is 0.494 e. The van der Waals surface area contributed by atoms with Gasteiger partial charge in [0.15, 0.2) is 17.2 Å². The number of esters is 1. The number of fused-ring (bicyclic) bond motifs is 1. The number of nitrogens with zero attached hydrogens (tertiary/aromatic N) is 7. The van der Waals surface area contributed by atoms with Crippen molar-refractivity contribution >= 4 is 58.1 Å². The number of ketones is 1. The van der Waals surface area contributed by atoms with Crippen LogP contribution in [0.15, 0.2) is 42.6 Å². The first-order valence-electron chi connectivity index (χ1n) is 19.3. The highest BCUT2D eigenvalue weighted by molar-refractivity contribution is 6.04. The van der Waals surface area contributed by atoms with Crippen LogP contribution >= 0.6 is 0 Å². The number of hydrogen-bond acceptors (Lipinski definition) is 15. The van der Waals surface area contributed by atoms with Crippen LogP contribution in [-0.2, 0) is 27.4 Å². The lowest BCUT2D eigenvalue weighted by Crippen LogP contribution is -2.50. The monoisotopic (exact) mass is 847 g/mol. The van der Waals surface area contributed by atoms with Gasteiger partial charge in [-0.3, -0.25) is 39.2 Å². The molecule has 61 heavy (non-hydrogen) atoms. The summed E-state index contributed by atoms with van der Waals surface area (Å²) in [5, 5.41) is 31.7. The number of carboxylic acid groups (broad SMARTS) is 1. The number of piperazine rings is 1. The highest BCUT2D eigenvalue weighted by Crippen LogP contribution is 2.37. The summed E-state index contributed by atoms with van der Waals surface area (Å²) in [6.07, 6.45) is 2.39. The number of benzene rings is 2. The quantitative estimate of drug-likeness (QED) is 0.0427. The van der Waals surface area contributed by atoms with Gasteiger partial charge in [-0.05, 0) is 71.4 Å². The summed E-state index contributed by atoms with van der Waals surface area (Å²) >= 11 is 0. The van der Waals surface area contributed by atoms with E-state index in [1.807, 2.05) is 27.7 Å². The van der Waals surface area contributed by atoms with Crippen molar-refractivity contribution in [3.05, 3.63) is 75.2 Å². The average molecular weight is 848 g/mol. The van der Waals surface area contributed by atoms with Gasteiger partial charge in [-0.25, -0.2) is 19.4 Å². The van der Waals surface area contributed by atoms with Gasteiger partial charge in [0, 0.05) is 51.5 Å². The van der Waals surface area contributed by atoms with Gasteiger partial charge < -0.3 is 34.3 Å². The number of methoxy groups -OCH3 is 2. The van der Waals surface area contributed by atoms with Crippen molar-refractivity contribution in [2.45, 2.75) is 59.7 Å². The minimum absolute atomic E-state index is 0.0485. The summed E-state index contributed by atoms with van der Waals surface area (Å²) in [6, 6.07) is 6.45. The molecule has 0 saturated carbocycles. The molecule has 3 heterocycles. The van der Waals surface area contributed by atoms with E-state index >= 15 is 0 Å². The van der Waals surface area contributed by atoms with Crippen molar-refractivity contribution in [3.63, 3.8) is 0 Å². The number of imidazole rings is 1. The molecule has 326 valence electrons. The zero-order valence-electron chi connectivity index (χ0n) is 35.0. The fourth-order valence-electron chi connectivity index (χ4n) is 6.51. The minimum Gasteiger partial charge on any atom is -0.494 e. The lowest BCUT2D eigenvalue weighted by molar-refractivity contribution is -0.384. The third-order valence-electron chi connectivity index (χ3n) is 9.34. The second-order valence-electron chi connectivity index (χ2n) is 14.9. The van der Waals surface area contributed by atoms with Crippen molar-refractivity contribution in [1.82, 2.24) is 29.1 Å². The smallest absolute Gasteiger partial charge is 0.410 e. The molecular weight excluding hydrogens is 798 g/mol. The summed E-state index contributed by atoms with van der Waals surface area (Å²) in [6.45, 7) is 11.8. The minimum atomic E-state index is -1.25. The number of nitro benzene ring substituents is 1. The summed E-state index contributed by atoms with van der Waals surface area (Å²) in [5.41, 5.74) is -0.383. The zero-order chi connectivity index (χ0) is 44.6. The molecule has 21 heteroatoms. The standard InChI is InChI=1S/C40H49N9O12/c1-8-48-30(18-24(2)44-48)35(51)43-38-42-28-19-25(36(52)53)21-32(58-6)34(28)47(38)23-27(50)10-11-41-33-29(49(56)57)20-26(37(54)59-7)22-31(33)60-17-9-12-45-13-15-46(16-14-45)39(55)61-40(3,4)5/h10-11,18-22,41H,8-9,12-17,23H2,1-7H3,(H,52,53)(H,42,43,51)/b11-10+. The van der Waals surface area contributed by atoms with Crippen LogP contribution < -0.4 is 20.1 Å². The van der Waals surface area contributed by atoms with E-state index in [2.05, 4.69) is 25.6 Å². The van der Waals surface area contributed by atoms with Crippen LogP contribution in [-0.4, -0.2) is 128 Å². The van der Waals surface area contributed by atoms with Crippen molar-refractivity contribution in [1.29, 1.82) is 0 Å². The predicted octanol–water partition coefficient (Wildman–Crippen LogP) is 4.73. The fraction of sp³-hybridized carbons (Fsp3) is 0.425. The van der Waals surface area contributed by atoms with Crippen molar-refractivity contribution in [2.75, 3.05) is 64.2 Å². The van der Waals surface area contributed by atoms with E-state index in [0.29, 0.717) is 51.4 Å². The summed E-state index contributed by atoms with van der Waals surface area (Å²) in [5.74, 6) is -3.32. The molecule has 0 unspecified atom stereocenters. The summed E-state index contributed by atoms with van der Waals surface area (Å²) < 4.78 is 24.6. The number of ether oxygens (including phenoxy) is 4. The van der Waals surface area contributed by atoms with Gasteiger partial charge in [-0.2, -0.15) is 5.10 Å². The van der Waals surface area contributed by atoms with Gasteiger partial charge in [0.25, 0.3) is 11.6 Å². The molecule has 0 radical (unpaired) electrons. The van der Waals surface area contributed by atoms with Gasteiger partial charge >= 0.3 is 18.0 Å². The molecule has 0 aliphatic carbocycles. The highest BCUT2D eigenvalue weighted by atomic mass is 16.6. The molecule has 1 saturated heterocycles. The number of rotatable bonds is 17. The molecule has 21 nitrogen and oxygen atoms in total. The summed E-state index contributed by atoms with van der Waals surface area (Å²) in [7, 11) is 2.46. The first-order valence-corrected chi connectivity index (χ1v) is 19.3. The Hall–Kier alpha value is -7.03. The number of carbonyl (C=O) groups excluding carboxylic acids is 4. The Morgan fingerprint density at radius 3 is 2.33 bits per heavy atom. The number of hydrogen-bond donors (Lipinski definition) is 3. The van der Waals surface area contributed by atoms with Gasteiger partial charge in [-0.15, -0.1) is 0 Å². The topological polar surface area (TPSA) is 252 Å². The maximum atomic E-state index is 13.6. The van der Waals surface area contributed by atoms with Crippen LogP contribution in [0.25, 0.3) is 11.0 Å². The second kappa shape index (κ2) is 19.4. The molecule has 4 aromatic rings. The number of anilines is 2. The van der Waals surface area contributed by atoms with Crippen LogP contribution in [0.2, 0.25) is 0 Å². The number of aromatic carboxylic acids is 1. The molecule has 0 bridgehead atoms. The molecule has 3 N–H and O–H groups in total. The van der Waals surface area contributed by atoms with E-state index in [9.17, 15) is 39.2 Å². The second-order valence-corrected chi connectivity index (χ2v) is 14.9. The molecule has 2 aromatic carbocycles. The molecule has 2 amide bonds. The molecule has 5 rings (SSSR count). The first-order chi connectivity index (χ1) is 28.9. The van der Waals surface area contributed by atoms with Crippen LogP contribution in [0.3, 0.4) is 0 Å². The van der Waals surface area contributed by atoms with Crippen LogP contribution in [0.4, 0.5) is 22.1 Å². The number of nitro groups is 1. The third-order valence-corrected chi connectivity index (χ3v) is 9.34. The third kappa shape index (κ3) is 11.2. The Balaban J connectivity index is 1.35. The normalized spacial score (nSPS) is 13.3. The average Bonchev–Trinajstić information content (AvgIpc) is 3.77. The number of allylic oxidation sites excluding steroid dienone is 1. The molecule has 0 spiro atoms. The Morgan fingerprint density at radius 2 is 1.70 bits per heavy atom. The fourth-order valence-corrected chi connectivity index (χ4v) is 6.51. The molecule has 1 fully saturated rings. The van der Waals surface area contributed by atoms with E-state index in [0.717, 1.165) is 19.3 Å². The Labute approximate surface area is 350 Å². The number of carboxylic acids is 1. The van der Waals surface area contributed by atoms with Gasteiger partial charge in [0.1, 0.15) is 22.6 Å². The highest BCUT2D eigenvalue weighted by Gasteiger charge is 2.27. The van der Waals surface area contributed by atoms with Gasteiger partial charge in [0.2, 0.25) is 5.95 Å². The number of nitrogens with one attached hydrogen (secondary N) is 2. The zero-order valence-corrected chi connectivity index (χ0v) is 35.0. The maximum absolute atomic E-state index is 13.6. The number of aryl methyl sites for hydroxylation is 2. The summed E-state index contributed by atoms with van der Waals surface area (Å²) in [4.78, 5) is 83.7. The first kappa shape index (κ1) is 45.1. The van der Waals surface area contributed by atoms with Crippen molar-refractivity contribution in [3.8, 4) is 11.5 Å². The Bertz CT molecular complexity index is 2350. The number of carbonyl (C=O) groups is 5. The maximum Gasteiger partial charge on any atom is 0.410 e. The van der Waals surface area contributed by atoms with Gasteiger partial charge in [-0.1, -0.05) is 0 Å². The van der Waals surface area contributed by atoms with E-state index in [1.54, 1.807) is 17.9 Å². The molecule has 2 aromatic heterocycles. The van der Waals surface area contributed by atoms with Crippen LogP contribution in [0.1, 0.15) is 71.0 Å². The molecular formula is C40H49N9O12. The van der Waals surface area contributed by atoms with Gasteiger partial charge in [0.05, 0.1) is 54.6 Å². The Kier molecular flexibility index (Phi) is 14.3. The molecule has 1 aliphatic heterocycles. The van der Waals surface area contributed by atoms with Crippen LogP contribution in [0.5, 0.6) is 11.5 Å². The molecule has 0 atom stereocenters.